The highest BCUT2D eigenvalue weighted by atomic mass is 35.5. The van der Waals surface area contributed by atoms with E-state index in [1.165, 1.54) is 24.6 Å². The van der Waals surface area contributed by atoms with Crippen LogP contribution in [0.25, 0.3) is 0 Å². The van der Waals surface area contributed by atoms with Crippen LogP contribution >= 0.6 is 11.6 Å². The van der Waals surface area contributed by atoms with Crippen molar-refractivity contribution in [3.8, 4) is 0 Å². The molecule has 0 unspecified atom stereocenters. The third-order valence-electron chi connectivity index (χ3n) is 3.90. The Morgan fingerprint density at radius 1 is 1.29 bits per heavy atom. The van der Waals surface area contributed by atoms with Crippen LogP contribution in [0.4, 0.5) is 10.5 Å². The second kappa shape index (κ2) is 6.80. The monoisotopic (exact) mass is 310 g/mol. The van der Waals surface area contributed by atoms with Crippen molar-refractivity contribution in [1.29, 1.82) is 0 Å². The van der Waals surface area contributed by atoms with Crippen molar-refractivity contribution in [2.75, 3.05) is 12.4 Å². The van der Waals surface area contributed by atoms with E-state index in [2.05, 4.69) is 5.32 Å². The first kappa shape index (κ1) is 15.6. The van der Waals surface area contributed by atoms with Crippen LogP contribution in [0.5, 0.6) is 0 Å². The highest BCUT2D eigenvalue weighted by molar-refractivity contribution is 6.33. The zero-order chi connectivity index (χ0) is 15.4. The van der Waals surface area contributed by atoms with Gasteiger partial charge in [0.2, 0.25) is 0 Å². The van der Waals surface area contributed by atoms with Crippen molar-refractivity contribution >= 4 is 29.3 Å². The van der Waals surface area contributed by atoms with Gasteiger partial charge in [-0.1, -0.05) is 30.9 Å². The van der Waals surface area contributed by atoms with E-state index in [0.717, 1.165) is 25.7 Å². The van der Waals surface area contributed by atoms with Crippen LogP contribution in [0.1, 0.15) is 42.5 Å². The molecule has 0 spiro atoms. The molecule has 0 radical (unpaired) electrons. The fourth-order valence-corrected chi connectivity index (χ4v) is 2.76. The molecule has 0 atom stereocenters. The number of aromatic carboxylic acids is 1. The van der Waals surface area contributed by atoms with Crippen molar-refractivity contribution in [1.82, 2.24) is 4.90 Å². The van der Waals surface area contributed by atoms with E-state index >= 15 is 0 Å². The van der Waals surface area contributed by atoms with Crippen LogP contribution in [0.3, 0.4) is 0 Å². The van der Waals surface area contributed by atoms with Crippen molar-refractivity contribution < 1.29 is 14.7 Å². The maximum atomic E-state index is 12.3. The van der Waals surface area contributed by atoms with Crippen LogP contribution in [-0.2, 0) is 0 Å². The van der Waals surface area contributed by atoms with E-state index in [1.807, 2.05) is 0 Å². The van der Waals surface area contributed by atoms with E-state index in [1.54, 1.807) is 11.9 Å². The van der Waals surface area contributed by atoms with Gasteiger partial charge in [0, 0.05) is 13.1 Å². The standard InChI is InChI=1S/C15H19ClN2O3/c1-18(11-5-3-2-4-6-11)15(21)17-13-9-10(14(19)20)7-8-12(13)16/h7-9,11H,2-6H2,1H3,(H,17,21)(H,19,20). The number of anilines is 1. The number of rotatable bonds is 3. The van der Waals surface area contributed by atoms with Gasteiger partial charge in [-0.2, -0.15) is 0 Å². The molecular weight excluding hydrogens is 292 g/mol. The fraction of sp³-hybridized carbons (Fsp3) is 0.467. The average molecular weight is 311 g/mol. The smallest absolute Gasteiger partial charge is 0.335 e. The van der Waals surface area contributed by atoms with Crippen molar-refractivity contribution in [3.63, 3.8) is 0 Å². The van der Waals surface area contributed by atoms with Crippen molar-refractivity contribution in [3.05, 3.63) is 28.8 Å². The van der Waals surface area contributed by atoms with Gasteiger partial charge in [-0.15, -0.1) is 0 Å². The number of halogens is 1. The summed E-state index contributed by atoms with van der Waals surface area (Å²) in [5.41, 5.74) is 0.416. The molecule has 0 bridgehead atoms. The highest BCUT2D eigenvalue weighted by Gasteiger charge is 2.22. The van der Waals surface area contributed by atoms with Gasteiger partial charge < -0.3 is 15.3 Å². The Bertz CT molecular complexity index is 542. The molecule has 0 aromatic heterocycles. The maximum Gasteiger partial charge on any atom is 0.335 e. The Hall–Kier alpha value is -1.75. The van der Waals surface area contributed by atoms with E-state index in [4.69, 9.17) is 16.7 Å². The molecule has 21 heavy (non-hydrogen) atoms. The van der Waals surface area contributed by atoms with Gasteiger partial charge in [-0.05, 0) is 31.0 Å². The number of hydrogen-bond acceptors (Lipinski definition) is 2. The van der Waals surface area contributed by atoms with Crippen LogP contribution in [0, 0.1) is 0 Å². The lowest BCUT2D eigenvalue weighted by Gasteiger charge is -2.31. The Morgan fingerprint density at radius 2 is 1.95 bits per heavy atom. The average Bonchev–Trinajstić information content (AvgIpc) is 2.49. The SMILES string of the molecule is CN(C(=O)Nc1cc(C(=O)O)ccc1Cl)C1CCCCC1. The molecule has 6 heteroatoms. The van der Waals surface area contributed by atoms with Gasteiger partial charge in [0.25, 0.3) is 0 Å². The zero-order valence-electron chi connectivity index (χ0n) is 11.9. The third-order valence-corrected chi connectivity index (χ3v) is 4.23. The largest absolute Gasteiger partial charge is 0.478 e. The Kier molecular flexibility index (Phi) is 5.07. The minimum absolute atomic E-state index is 0.0926. The summed E-state index contributed by atoms with van der Waals surface area (Å²) in [7, 11) is 1.76. The molecule has 1 aromatic carbocycles. The molecule has 0 aliphatic heterocycles. The molecule has 2 N–H and O–H groups in total. The number of carboxylic acid groups (broad SMARTS) is 1. The molecule has 1 saturated carbocycles. The van der Waals surface area contributed by atoms with Gasteiger partial charge in [0.1, 0.15) is 0 Å². The molecule has 1 aliphatic carbocycles. The number of benzene rings is 1. The quantitative estimate of drug-likeness (QED) is 0.891. The number of amides is 2. The van der Waals surface area contributed by atoms with Gasteiger partial charge in [0.05, 0.1) is 16.3 Å². The Morgan fingerprint density at radius 3 is 2.57 bits per heavy atom. The summed E-state index contributed by atoms with van der Waals surface area (Å²) in [6.45, 7) is 0. The van der Waals surface area contributed by atoms with Crippen molar-refractivity contribution in [2.45, 2.75) is 38.1 Å². The second-order valence-electron chi connectivity index (χ2n) is 5.33. The molecule has 1 fully saturated rings. The number of carboxylic acids is 1. The second-order valence-corrected chi connectivity index (χ2v) is 5.74. The molecule has 0 heterocycles. The summed E-state index contributed by atoms with van der Waals surface area (Å²) in [5, 5.41) is 12.0. The first-order chi connectivity index (χ1) is 9.99. The van der Waals surface area contributed by atoms with Crippen LogP contribution in [0.2, 0.25) is 5.02 Å². The van der Waals surface area contributed by atoms with Gasteiger partial charge >= 0.3 is 12.0 Å². The van der Waals surface area contributed by atoms with Gasteiger partial charge in [-0.3, -0.25) is 0 Å². The van der Waals surface area contributed by atoms with Crippen molar-refractivity contribution in [2.24, 2.45) is 0 Å². The molecule has 1 aromatic rings. The molecule has 0 saturated heterocycles. The van der Waals surface area contributed by atoms with Crippen LogP contribution in [0.15, 0.2) is 18.2 Å². The predicted octanol–water partition coefficient (Wildman–Crippen LogP) is 3.83. The first-order valence-electron chi connectivity index (χ1n) is 7.05. The Labute approximate surface area is 128 Å². The minimum Gasteiger partial charge on any atom is -0.478 e. The minimum atomic E-state index is -1.05. The van der Waals surface area contributed by atoms with Gasteiger partial charge in [-0.25, -0.2) is 9.59 Å². The number of urea groups is 1. The third kappa shape index (κ3) is 3.88. The predicted molar refractivity (Wildman–Crippen MR) is 82.1 cm³/mol. The highest BCUT2D eigenvalue weighted by Crippen LogP contribution is 2.25. The summed E-state index contributed by atoms with van der Waals surface area (Å²) >= 11 is 6.01. The fourth-order valence-electron chi connectivity index (χ4n) is 2.59. The lowest BCUT2D eigenvalue weighted by Crippen LogP contribution is -2.40. The van der Waals surface area contributed by atoms with Crippen LogP contribution in [-0.4, -0.2) is 35.1 Å². The summed E-state index contributed by atoms with van der Waals surface area (Å²) < 4.78 is 0. The Balaban J connectivity index is 2.07. The number of hydrogen-bond donors (Lipinski definition) is 2. The van der Waals surface area contributed by atoms with E-state index in [9.17, 15) is 9.59 Å². The zero-order valence-corrected chi connectivity index (χ0v) is 12.7. The molecule has 2 amide bonds. The number of nitrogens with zero attached hydrogens (tertiary/aromatic N) is 1. The molecule has 114 valence electrons. The normalized spacial score (nSPS) is 15.5. The number of carbonyl (C=O) groups excluding carboxylic acids is 1. The first-order valence-corrected chi connectivity index (χ1v) is 7.43. The molecule has 5 nitrogen and oxygen atoms in total. The lowest BCUT2D eigenvalue weighted by atomic mass is 9.95. The number of carbonyl (C=O) groups is 2. The van der Waals surface area contributed by atoms with E-state index < -0.39 is 5.97 Å². The lowest BCUT2D eigenvalue weighted by molar-refractivity contribution is 0.0697. The summed E-state index contributed by atoms with van der Waals surface area (Å²) in [6, 6.07) is 4.23. The van der Waals surface area contributed by atoms with E-state index in [0.29, 0.717) is 10.7 Å². The topological polar surface area (TPSA) is 69.6 Å². The maximum absolute atomic E-state index is 12.3. The summed E-state index contributed by atoms with van der Waals surface area (Å²) in [6.07, 6.45) is 5.51. The molecular formula is C15H19ClN2O3. The summed E-state index contributed by atoms with van der Waals surface area (Å²) in [4.78, 5) is 24.9. The van der Waals surface area contributed by atoms with Crippen LogP contribution < -0.4 is 5.32 Å². The summed E-state index contributed by atoms with van der Waals surface area (Å²) in [5.74, 6) is -1.05. The molecule has 2 rings (SSSR count). The van der Waals surface area contributed by atoms with E-state index in [-0.39, 0.29) is 17.6 Å². The molecule has 1 aliphatic rings. The van der Waals surface area contributed by atoms with Gasteiger partial charge in [0.15, 0.2) is 0 Å². The number of nitrogens with one attached hydrogen (secondary N) is 1.